The molecule has 0 heterocycles. The van der Waals surface area contributed by atoms with E-state index in [4.69, 9.17) is 4.79 Å². The van der Waals surface area contributed by atoms with Crippen molar-refractivity contribution in [1.82, 2.24) is 5.32 Å². The van der Waals surface area contributed by atoms with Crippen LogP contribution in [0, 0.1) is 18.6 Å². The third kappa shape index (κ3) is 7.64. The molecule has 1 saturated carbocycles. The summed E-state index contributed by atoms with van der Waals surface area (Å²) in [5.41, 5.74) is 2.63. The van der Waals surface area contributed by atoms with Crippen molar-refractivity contribution in [2.45, 2.75) is 51.0 Å². The molecule has 1 aliphatic rings. The SMILES string of the molecule is C=Cc1ccc(C)cc1.C=O.CC1(c2cc(F)ccc2F)CCC(NCC=O)CC1. The van der Waals surface area contributed by atoms with E-state index in [9.17, 15) is 13.6 Å². The van der Waals surface area contributed by atoms with Crippen LogP contribution >= 0.6 is 0 Å². The van der Waals surface area contributed by atoms with E-state index in [0.717, 1.165) is 38.0 Å². The molecule has 162 valence electrons. The highest BCUT2D eigenvalue weighted by Gasteiger charge is 2.34. The number of aryl methyl sites for hydroxylation is 1. The van der Waals surface area contributed by atoms with Crippen LogP contribution in [0.4, 0.5) is 8.78 Å². The molecule has 0 aliphatic heterocycles. The highest BCUT2D eigenvalue weighted by atomic mass is 19.1. The number of rotatable bonds is 5. The fraction of sp³-hybridized carbons (Fsp3) is 0.360. The zero-order chi connectivity index (χ0) is 22.6. The molecular formula is C25H31F2NO2. The number of halogens is 2. The van der Waals surface area contributed by atoms with Crippen molar-refractivity contribution < 1.29 is 18.4 Å². The smallest absolute Gasteiger partial charge is 0.133 e. The number of carbonyl (C=O) groups excluding carboxylic acids is 2. The summed E-state index contributed by atoms with van der Waals surface area (Å²) in [7, 11) is 0. The van der Waals surface area contributed by atoms with Gasteiger partial charge in [-0.3, -0.25) is 0 Å². The minimum absolute atomic E-state index is 0.301. The standard InChI is InChI=1S/C15H19F2NO.C9H10.CH2O/c1-15(13-10-11(16)2-3-14(13)17)6-4-12(5-7-15)18-8-9-19;1-3-9-6-4-8(2)5-7-9;1-2/h2-3,9-10,12,18H,4-8H2,1H3;3-7H,1H2,2H3;1H2. The van der Waals surface area contributed by atoms with Gasteiger partial charge < -0.3 is 14.9 Å². The molecule has 2 aromatic rings. The molecule has 0 atom stereocenters. The Kier molecular flexibility index (Phi) is 10.8. The van der Waals surface area contributed by atoms with E-state index >= 15 is 0 Å². The van der Waals surface area contributed by atoms with E-state index in [-0.39, 0.29) is 17.0 Å². The van der Waals surface area contributed by atoms with Crippen molar-refractivity contribution in [2.75, 3.05) is 6.54 Å². The van der Waals surface area contributed by atoms with E-state index in [2.05, 4.69) is 43.1 Å². The lowest BCUT2D eigenvalue weighted by molar-refractivity contribution is -0.107. The van der Waals surface area contributed by atoms with Gasteiger partial charge in [-0.1, -0.05) is 49.4 Å². The predicted molar refractivity (Wildman–Crippen MR) is 118 cm³/mol. The van der Waals surface area contributed by atoms with E-state index < -0.39 is 0 Å². The molecule has 3 rings (SSSR count). The first-order chi connectivity index (χ1) is 14.4. The van der Waals surface area contributed by atoms with E-state index in [1.165, 1.54) is 23.3 Å². The molecule has 0 radical (unpaired) electrons. The lowest BCUT2D eigenvalue weighted by Crippen LogP contribution is -2.39. The van der Waals surface area contributed by atoms with Gasteiger partial charge in [0.2, 0.25) is 0 Å². The van der Waals surface area contributed by atoms with Gasteiger partial charge in [0, 0.05) is 6.04 Å². The fourth-order valence-corrected chi connectivity index (χ4v) is 3.61. The molecule has 1 aliphatic carbocycles. The number of hydrogen-bond acceptors (Lipinski definition) is 3. The van der Waals surface area contributed by atoms with Crippen LogP contribution in [-0.2, 0) is 15.0 Å². The molecule has 0 saturated heterocycles. The minimum atomic E-state index is -0.390. The summed E-state index contributed by atoms with van der Waals surface area (Å²) in [5, 5.41) is 3.15. The third-order valence-electron chi connectivity index (χ3n) is 5.47. The minimum Gasteiger partial charge on any atom is -0.307 e. The van der Waals surface area contributed by atoms with Crippen LogP contribution in [0.5, 0.6) is 0 Å². The summed E-state index contributed by atoms with van der Waals surface area (Å²) >= 11 is 0. The van der Waals surface area contributed by atoms with Crippen LogP contribution in [0.25, 0.3) is 6.08 Å². The second kappa shape index (κ2) is 12.8. The Labute approximate surface area is 178 Å². The first-order valence-corrected chi connectivity index (χ1v) is 9.98. The second-order valence-corrected chi connectivity index (χ2v) is 7.65. The van der Waals surface area contributed by atoms with E-state index in [0.29, 0.717) is 18.2 Å². The topological polar surface area (TPSA) is 46.2 Å². The Morgan fingerprint density at radius 3 is 2.23 bits per heavy atom. The Hall–Kier alpha value is -2.66. The molecule has 1 N–H and O–H groups in total. The van der Waals surface area contributed by atoms with Crippen LogP contribution in [0.3, 0.4) is 0 Å². The van der Waals surface area contributed by atoms with Crippen LogP contribution < -0.4 is 5.32 Å². The Morgan fingerprint density at radius 1 is 1.10 bits per heavy atom. The van der Waals surface area contributed by atoms with E-state index in [1.807, 2.05) is 19.8 Å². The zero-order valence-corrected chi connectivity index (χ0v) is 17.8. The van der Waals surface area contributed by atoms with Crippen LogP contribution in [0.2, 0.25) is 0 Å². The van der Waals surface area contributed by atoms with Gasteiger partial charge in [-0.25, -0.2) is 8.78 Å². The van der Waals surface area contributed by atoms with Gasteiger partial charge in [-0.2, -0.15) is 0 Å². The summed E-state index contributed by atoms with van der Waals surface area (Å²) in [4.78, 5) is 18.3. The van der Waals surface area contributed by atoms with Crippen molar-refractivity contribution in [3.05, 3.63) is 77.4 Å². The monoisotopic (exact) mass is 415 g/mol. The lowest BCUT2D eigenvalue weighted by atomic mass is 9.69. The summed E-state index contributed by atoms with van der Waals surface area (Å²) < 4.78 is 27.2. The van der Waals surface area contributed by atoms with Crippen LogP contribution in [0.1, 0.15) is 49.3 Å². The first-order valence-electron chi connectivity index (χ1n) is 9.98. The van der Waals surface area contributed by atoms with Gasteiger partial charge in [0.1, 0.15) is 24.7 Å². The Balaban J connectivity index is 0.000000342. The number of aldehydes is 1. The molecule has 5 heteroatoms. The van der Waals surface area contributed by atoms with Gasteiger partial charge in [-0.05, 0) is 67.3 Å². The summed E-state index contributed by atoms with van der Waals surface area (Å²) in [6, 6.07) is 12.2. The van der Waals surface area contributed by atoms with Gasteiger partial charge in [-0.15, -0.1) is 0 Å². The van der Waals surface area contributed by atoms with Crippen LogP contribution in [-0.4, -0.2) is 25.7 Å². The second-order valence-electron chi connectivity index (χ2n) is 7.65. The Bertz CT molecular complexity index is 797. The van der Waals surface area contributed by atoms with Crippen molar-refractivity contribution in [3.8, 4) is 0 Å². The van der Waals surface area contributed by atoms with Crippen molar-refractivity contribution in [1.29, 1.82) is 0 Å². The molecule has 0 bridgehead atoms. The molecule has 0 amide bonds. The first kappa shape index (κ1) is 25.4. The number of benzene rings is 2. The maximum absolute atomic E-state index is 13.9. The average Bonchev–Trinajstić information content (AvgIpc) is 2.77. The quantitative estimate of drug-likeness (QED) is 0.665. The summed E-state index contributed by atoms with van der Waals surface area (Å²) in [6.45, 7) is 10.1. The summed E-state index contributed by atoms with van der Waals surface area (Å²) in [5.74, 6) is -0.720. The molecule has 0 aromatic heterocycles. The van der Waals surface area contributed by atoms with Crippen molar-refractivity contribution in [2.24, 2.45) is 0 Å². The maximum atomic E-state index is 13.9. The third-order valence-corrected chi connectivity index (χ3v) is 5.47. The van der Waals surface area contributed by atoms with Gasteiger partial charge >= 0.3 is 0 Å². The maximum Gasteiger partial charge on any atom is 0.133 e. The molecule has 3 nitrogen and oxygen atoms in total. The highest BCUT2D eigenvalue weighted by Crippen LogP contribution is 2.40. The van der Waals surface area contributed by atoms with Gasteiger partial charge in [0.05, 0.1) is 6.54 Å². The molecule has 30 heavy (non-hydrogen) atoms. The number of nitrogens with one attached hydrogen (secondary N) is 1. The van der Waals surface area contributed by atoms with Gasteiger partial charge in [0.15, 0.2) is 0 Å². The fourth-order valence-electron chi connectivity index (χ4n) is 3.61. The largest absolute Gasteiger partial charge is 0.307 e. The van der Waals surface area contributed by atoms with Crippen molar-refractivity contribution >= 4 is 19.2 Å². The predicted octanol–water partition coefficient (Wildman–Crippen LogP) is 5.41. The van der Waals surface area contributed by atoms with E-state index in [1.54, 1.807) is 0 Å². The molecular weight excluding hydrogens is 384 g/mol. The highest BCUT2D eigenvalue weighted by molar-refractivity contribution is 5.51. The molecule has 0 spiro atoms. The Morgan fingerprint density at radius 2 is 1.70 bits per heavy atom. The normalized spacial score (nSPS) is 20.1. The lowest BCUT2D eigenvalue weighted by Gasteiger charge is -2.38. The number of hydrogen-bond donors (Lipinski definition) is 1. The van der Waals surface area contributed by atoms with Gasteiger partial charge in [0.25, 0.3) is 0 Å². The zero-order valence-electron chi connectivity index (χ0n) is 17.8. The van der Waals surface area contributed by atoms with Crippen molar-refractivity contribution in [3.63, 3.8) is 0 Å². The molecule has 2 aromatic carbocycles. The molecule has 1 fully saturated rings. The van der Waals surface area contributed by atoms with Crippen LogP contribution in [0.15, 0.2) is 49.0 Å². The number of carbonyl (C=O) groups is 2. The molecule has 0 unspecified atom stereocenters. The average molecular weight is 416 g/mol. The summed E-state index contributed by atoms with van der Waals surface area (Å²) in [6.07, 6.45) is 6.04.